The van der Waals surface area contributed by atoms with Crippen LogP contribution in [0, 0.1) is 22.7 Å². The van der Waals surface area contributed by atoms with Gasteiger partial charge in [-0.3, -0.25) is 9.59 Å². The number of fused-ring (bicyclic) bond motifs is 11. The average molecular weight is 833 g/mol. The second-order valence-electron chi connectivity index (χ2n) is 20.3. The lowest BCUT2D eigenvalue weighted by Gasteiger charge is -2.38. The summed E-state index contributed by atoms with van der Waals surface area (Å²) < 4.78 is 0. The van der Waals surface area contributed by atoms with Gasteiger partial charge in [0.1, 0.15) is 17.7 Å². The minimum absolute atomic E-state index is 0.0115. The molecular formula is C60H52N2O2. The van der Waals surface area contributed by atoms with Gasteiger partial charge in [0.25, 0.3) is 0 Å². The first-order chi connectivity index (χ1) is 31.2. The minimum atomic E-state index is -0.256. The standard InChI is InChI=1S/C60H52N2O2/c1-36(2)54-42-16-6-8-18-44(42)56(63)48(54)30-40-26-37-28-52-46(32-50(37)58(40)20-10-3-11-21-58)47-33-51-38(29-53(47)60(52)24-14-5-15-25-60)27-41(59(51)22-12-4-13-23-59)31-49-55(39(34-61)35-62)43-17-7-9-19-45(43)57(49)64/h6-9,16-19,26-33H,3-5,10-15,20-25H2,1-2H3/b48-30-,49-31-. The number of carbonyl (C=O) groups is 2. The SMILES string of the molecule is CC(C)=C1/C(=C/C2=Cc3cc4c(cc3C23CCCCC3)-c2cc3c(cc2C42CCCCC2)C=C(/C=C2\C(=O)c4ccccc4C2=C(C#N)C#N)C32CCCCC2)C(=O)c2ccccc21. The Balaban J connectivity index is 1.03. The summed E-state index contributed by atoms with van der Waals surface area (Å²) in [5.74, 6) is 0.0352. The lowest BCUT2D eigenvalue weighted by atomic mass is 9.65. The summed E-state index contributed by atoms with van der Waals surface area (Å²) in [7, 11) is 0. The van der Waals surface area contributed by atoms with Gasteiger partial charge >= 0.3 is 0 Å². The van der Waals surface area contributed by atoms with Crippen LogP contribution in [0.15, 0.2) is 118 Å². The maximum absolute atomic E-state index is 14.3. The van der Waals surface area contributed by atoms with E-state index >= 15 is 0 Å². The molecule has 4 aromatic rings. The zero-order valence-electron chi connectivity index (χ0n) is 37.1. The Labute approximate surface area is 377 Å². The predicted octanol–water partition coefficient (Wildman–Crippen LogP) is 14.4. The van der Waals surface area contributed by atoms with Crippen LogP contribution in [0.2, 0.25) is 0 Å². The van der Waals surface area contributed by atoms with Crippen molar-refractivity contribution in [3.8, 4) is 23.3 Å². The number of hydrogen-bond acceptors (Lipinski definition) is 4. The van der Waals surface area contributed by atoms with Gasteiger partial charge in [0, 0.05) is 44.1 Å². The van der Waals surface area contributed by atoms with Crippen molar-refractivity contribution in [1.82, 2.24) is 0 Å². The Kier molecular flexibility index (Phi) is 8.78. The van der Waals surface area contributed by atoms with E-state index in [2.05, 4.69) is 86.7 Å². The number of nitriles is 2. The molecule has 0 N–H and O–H groups in total. The van der Waals surface area contributed by atoms with E-state index in [0.717, 1.165) is 79.2 Å². The van der Waals surface area contributed by atoms with Gasteiger partial charge in [0.15, 0.2) is 11.6 Å². The molecule has 8 aliphatic rings. The van der Waals surface area contributed by atoms with E-state index in [0.29, 0.717) is 22.3 Å². The van der Waals surface area contributed by atoms with Crippen LogP contribution in [0.4, 0.5) is 0 Å². The topological polar surface area (TPSA) is 81.7 Å². The van der Waals surface area contributed by atoms with Gasteiger partial charge in [-0.25, -0.2) is 0 Å². The van der Waals surface area contributed by atoms with Crippen LogP contribution < -0.4 is 0 Å². The second kappa shape index (κ2) is 14.3. The molecule has 8 aliphatic carbocycles. The first-order valence-electron chi connectivity index (χ1n) is 24.0. The molecule has 4 heteroatoms. The first kappa shape index (κ1) is 39.2. The fourth-order valence-electron chi connectivity index (χ4n) is 14.2. The van der Waals surface area contributed by atoms with Crippen molar-refractivity contribution < 1.29 is 9.59 Å². The number of ketones is 2. The summed E-state index contributed by atoms with van der Waals surface area (Å²) in [5, 5.41) is 20.3. The summed E-state index contributed by atoms with van der Waals surface area (Å²) in [6.45, 7) is 4.28. The Hall–Kier alpha value is -6.36. The number of carbonyl (C=O) groups excluding carboxylic acids is 2. The fourth-order valence-corrected chi connectivity index (χ4v) is 14.2. The first-order valence-corrected chi connectivity index (χ1v) is 24.0. The van der Waals surface area contributed by atoms with Gasteiger partial charge in [-0.1, -0.05) is 124 Å². The van der Waals surface area contributed by atoms with Crippen molar-refractivity contribution >= 4 is 34.9 Å². The molecule has 64 heavy (non-hydrogen) atoms. The van der Waals surface area contributed by atoms with Crippen molar-refractivity contribution in [2.24, 2.45) is 0 Å². The van der Waals surface area contributed by atoms with Crippen LogP contribution in [0.5, 0.6) is 0 Å². The van der Waals surface area contributed by atoms with Crippen LogP contribution in [-0.4, -0.2) is 11.6 Å². The highest BCUT2D eigenvalue weighted by Crippen LogP contribution is 2.63. The Morgan fingerprint density at radius 2 is 0.875 bits per heavy atom. The van der Waals surface area contributed by atoms with E-state index < -0.39 is 0 Å². The molecule has 0 aliphatic heterocycles. The molecule has 3 saturated carbocycles. The average Bonchev–Trinajstić information content (AvgIpc) is 4.03. The van der Waals surface area contributed by atoms with Crippen LogP contribution in [0.3, 0.4) is 0 Å². The lowest BCUT2D eigenvalue weighted by Crippen LogP contribution is -2.30. The third kappa shape index (κ3) is 5.26. The van der Waals surface area contributed by atoms with E-state index in [4.69, 9.17) is 0 Å². The molecule has 4 aromatic carbocycles. The molecule has 4 nitrogen and oxygen atoms in total. The van der Waals surface area contributed by atoms with Crippen LogP contribution in [0.25, 0.3) is 34.4 Å². The number of benzene rings is 4. The van der Waals surface area contributed by atoms with Crippen molar-refractivity contribution in [1.29, 1.82) is 10.5 Å². The molecule has 0 saturated heterocycles. The maximum Gasteiger partial charge on any atom is 0.194 e. The van der Waals surface area contributed by atoms with E-state index in [1.54, 1.807) is 0 Å². The van der Waals surface area contributed by atoms with Crippen LogP contribution in [0.1, 0.15) is 175 Å². The molecule has 0 amide bonds. The number of allylic oxidation sites excluding steroid dienone is 10. The molecule has 0 atom stereocenters. The van der Waals surface area contributed by atoms with Crippen LogP contribution >= 0.6 is 0 Å². The Morgan fingerprint density at radius 1 is 0.484 bits per heavy atom. The number of rotatable bonds is 2. The molecule has 0 aromatic heterocycles. The van der Waals surface area contributed by atoms with Crippen molar-refractivity contribution in [3.05, 3.63) is 174 Å². The molecular weight excluding hydrogens is 781 g/mol. The lowest BCUT2D eigenvalue weighted by molar-refractivity contribution is 0.103. The van der Waals surface area contributed by atoms with E-state index in [-0.39, 0.29) is 33.4 Å². The highest BCUT2D eigenvalue weighted by molar-refractivity contribution is 6.28. The van der Waals surface area contributed by atoms with Crippen molar-refractivity contribution in [3.63, 3.8) is 0 Å². The Morgan fingerprint density at radius 3 is 1.30 bits per heavy atom. The quantitative estimate of drug-likeness (QED) is 0.149. The molecule has 0 unspecified atom stereocenters. The largest absolute Gasteiger partial charge is 0.289 e. The molecule has 0 heterocycles. The summed E-state index contributed by atoms with van der Waals surface area (Å²) in [4.78, 5) is 28.5. The molecule has 3 spiro atoms. The molecule has 0 bridgehead atoms. The summed E-state index contributed by atoms with van der Waals surface area (Å²) in [6.07, 6.45) is 26.3. The van der Waals surface area contributed by atoms with E-state index in [1.165, 1.54) is 101 Å². The van der Waals surface area contributed by atoms with Gasteiger partial charge in [0.05, 0.1) is 0 Å². The van der Waals surface area contributed by atoms with E-state index in [9.17, 15) is 20.1 Å². The summed E-state index contributed by atoms with van der Waals surface area (Å²) in [5.41, 5.74) is 20.3. The van der Waals surface area contributed by atoms with Gasteiger partial charge < -0.3 is 0 Å². The summed E-state index contributed by atoms with van der Waals surface area (Å²) in [6, 6.07) is 30.2. The number of hydrogen-bond donors (Lipinski definition) is 0. The smallest absolute Gasteiger partial charge is 0.194 e. The monoisotopic (exact) mass is 832 g/mol. The zero-order valence-corrected chi connectivity index (χ0v) is 37.1. The second-order valence-corrected chi connectivity index (χ2v) is 20.3. The fraction of sp³-hybridized carbons (Fsp3) is 0.333. The van der Waals surface area contributed by atoms with Crippen LogP contribution in [-0.2, 0) is 16.2 Å². The van der Waals surface area contributed by atoms with Gasteiger partial charge in [-0.05, 0) is 161 Å². The number of nitrogens with zero attached hydrogens (tertiary/aromatic N) is 2. The Bertz CT molecular complexity index is 3080. The highest BCUT2D eigenvalue weighted by atomic mass is 16.1. The maximum atomic E-state index is 14.3. The number of Topliss-reactive ketones (excluding diaryl/α,β-unsaturated/α-hetero) is 2. The zero-order chi connectivity index (χ0) is 43.5. The molecule has 12 rings (SSSR count). The third-order valence-corrected chi connectivity index (χ3v) is 17.1. The molecule has 0 radical (unpaired) electrons. The van der Waals surface area contributed by atoms with Gasteiger partial charge in [0.2, 0.25) is 0 Å². The molecule has 314 valence electrons. The molecule has 3 fully saturated rings. The van der Waals surface area contributed by atoms with Gasteiger partial charge in [-0.2, -0.15) is 10.5 Å². The van der Waals surface area contributed by atoms with E-state index in [1.807, 2.05) is 36.4 Å². The van der Waals surface area contributed by atoms with Crippen molar-refractivity contribution in [2.75, 3.05) is 0 Å². The third-order valence-electron chi connectivity index (χ3n) is 17.1. The normalized spacial score (nSPS) is 22.5. The van der Waals surface area contributed by atoms with Crippen molar-refractivity contribution in [2.45, 2.75) is 126 Å². The van der Waals surface area contributed by atoms with Gasteiger partial charge in [-0.15, -0.1) is 0 Å². The minimum Gasteiger partial charge on any atom is -0.289 e. The summed E-state index contributed by atoms with van der Waals surface area (Å²) >= 11 is 0. The predicted molar refractivity (Wildman–Crippen MR) is 255 cm³/mol. The highest BCUT2D eigenvalue weighted by Gasteiger charge is 2.51.